The van der Waals surface area contributed by atoms with E-state index in [4.69, 9.17) is 9.51 Å². The maximum Gasteiger partial charge on any atom is 0.180 e. The molecule has 0 saturated carbocycles. The Kier molecular flexibility index (Phi) is 6.91. The molecule has 35 heavy (non-hydrogen) atoms. The van der Waals surface area contributed by atoms with Gasteiger partial charge in [0.15, 0.2) is 5.65 Å². The van der Waals surface area contributed by atoms with E-state index in [1.807, 2.05) is 25.3 Å². The number of benzene rings is 1. The first kappa shape index (κ1) is 23.3. The fraction of sp³-hybridized carbons (Fsp3) is 0.280. The average molecular weight is 535 g/mol. The zero-order chi connectivity index (χ0) is 24.2. The summed E-state index contributed by atoms with van der Waals surface area (Å²) in [4.78, 5) is 17.6. The first-order chi connectivity index (χ1) is 17.1. The van der Waals surface area contributed by atoms with Crippen LogP contribution in [0.4, 0.5) is 5.69 Å². The maximum absolute atomic E-state index is 5.19. The molecule has 10 heteroatoms. The SMILES string of the molecule is Cc1ccc(-c2nc3ncc(Br)c(N4CCN(Cc5cc(C)on5)CC4)c3[nH]2)cc1.c1cn[nH]c1. The summed E-state index contributed by atoms with van der Waals surface area (Å²) in [6.07, 6.45) is 5.31. The third kappa shape index (κ3) is 5.44. The van der Waals surface area contributed by atoms with Gasteiger partial charge < -0.3 is 14.4 Å². The molecule has 180 valence electrons. The van der Waals surface area contributed by atoms with Crippen LogP contribution in [0.5, 0.6) is 0 Å². The van der Waals surface area contributed by atoms with Gasteiger partial charge in [-0.15, -0.1) is 0 Å². The van der Waals surface area contributed by atoms with Crippen LogP contribution in [0.15, 0.2) is 64.0 Å². The van der Waals surface area contributed by atoms with Gasteiger partial charge >= 0.3 is 0 Å². The first-order valence-electron chi connectivity index (χ1n) is 11.5. The van der Waals surface area contributed by atoms with Crippen molar-refractivity contribution in [2.24, 2.45) is 0 Å². The van der Waals surface area contributed by atoms with Gasteiger partial charge in [0.1, 0.15) is 17.1 Å². The Balaban J connectivity index is 0.000000453. The molecule has 1 saturated heterocycles. The highest BCUT2D eigenvalue weighted by atomic mass is 79.9. The second-order valence-electron chi connectivity index (χ2n) is 8.56. The van der Waals surface area contributed by atoms with Crippen molar-refractivity contribution in [2.45, 2.75) is 20.4 Å². The number of nitrogens with zero attached hydrogens (tertiary/aromatic N) is 6. The molecule has 9 nitrogen and oxygen atoms in total. The number of piperazine rings is 1. The topological polar surface area (TPSA) is 103 Å². The van der Waals surface area contributed by atoms with Gasteiger partial charge in [0, 0.05) is 62.9 Å². The number of H-pyrrole nitrogens is 2. The number of pyridine rings is 1. The summed E-state index contributed by atoms with van der Waals surface area (Å²) >= 11 is 3.71. The van der Waals surface area contributed by atoms with Crippen LogP contribution in [0.1, 0.15) is 17.0 Å². The minimum Gasteiger partial charge on any atom is -0.366 e. The molecule has 0 amide bonds. The standard InChI is InChI=1S/C22H23BrN6O.C3H4N2/c1-14-3-5-16(6-4-14)21-25-19-20(18(23)12-24-22(19)26-21)29-9-7-28(8-10-29)13-17-11-15(2)30-27-17;1-2-4-5-3-1/h3-6,11-12H,7-10,13H2,1-2H3,(H,24,25,26);1-3H,(H,4,5). The number of aromatic nitrogens is 6. The van der Waals surface area contributed by atoms with E-state index in [9.17, 15) is 0 Å². The molecule has 0 atom stereocenters. The smallest absolute Gasteiger partial charge is 0.180 e. The summed E-state index contributed by atoms with van der Waals surface area (Å²) in [6.45, 7) is 8.60. The van der Waals surface area contributed by atoms with Gasteiger partial charge in [-0.05, 0) is 35.8 Å². The molecule has 0 bridgehead atoms. The molecule has 1 fully saturated rings. The van der Waals surface area contributed by atoms with Crippen LogP contribution in [0.2, 0.25) is 0 Å². The van der Waals surface area contributed by atoms with Crippen LogP contribution < -0.4 is 4.90 Å². The lowest BCUT2D eigenvalue weighted by Gasteiger charge is -2.36. The predicted octanol–water partition coefficient (Wildman–Crippen LogP) is 4.72. The second kappa shape index (κ2) is 10.4. The largest absolute Gasteiger partial charge is 0.366 e. The van der Waals surface area contributed by atoms with Gasteiger partial charge in [-0.25, -0.2) is 9.97 Å². The number of anilines is 1. The fourth-order valence-corrected chi connectivity index (χ4v) is 4.70. The second-order valence-corrected chi connectivity index (χ2v) is 9.42. The summed E-state index contributed by atoms with van der Waals surface area (Å²) in [5, 5.41) is 10.3. The number of hydrogen-bond acceptors (Lipinski definition) is 7. The Labute approximate surface area is 211 Å². The Hall–Kier alpha value is -3.50. The van der Waals surface area contributed by atoms with E-state index in [-0.39, 0.29) is 0 Å². The molecule has 0 spiro atoms. The first-order valence-corrected chi connectivity index (χ1v) is 12.3. The van der Waals surface area contributed by atoms with E-state index in [1.54, 1.807) is 12.4 Å². The van der Waals surface area contributed by atoms with Crippen LogP contribution in [-0.2, 0) is 6.54 Å². The van der Waals surface area contributed by atoms with E-state index in [0.29, 0.717) is 0 Å². The van der Waals surface area contributed by atoms with Crippen molar-refractivity contribution < 1.29 is 4.52 Å². The average Bonchev–Trinajstić information content (AvgIpc) is 3.64. The molecule has 2 N–H and O–H groups in total. The molecular weight excluding hydrogens is 508 g/mol. The molecule has 1 aliphatic heterocycles. The minimum absolute atomic E-state index is 0.740. The van der Waals surface area contributed by atoms with Crippen molar-refractivity contribution in [3.63, 3.8) is 0 Å². The Morgan fingerprint density at radius 1 is 1.09 bits per heavy atom. The van der Waals surface area contributed by atoms with Crippen molar-refractivity contribution in [1.29, 1.82) is 0 Å². The van der Waals surface area contributed by atoms with Gasteiger partial charge in [-0.3, -0.25) is 10.00 Å². The van der Waals surface area contributed by atoms with Crippen molar-refractivity contribution in [3.8, 4) is 11.4 Å². The van der Waals surface area contributed by atoms with Crippen LogP contribution in [-0.4, -0.2) is 61.4 Å². The monoisotopic (exact) mass is 534 g/mol. The van der Waals surface area contributed by atoms with Gasteiger partial charge in [-0.1, -0.05) is 35.0 Å². The highest BCUT2D eigenvalue weighted by Gasteiger charge is 2.23. The highest BCUT2D eigenvalue weighted by Crippen LogP contribution is 2.34. The van der Waals surface area contributed by atoms with Crippen LogP contribution in [0.3, 0.4) is 0 Å². The number of fused-ring (bicyclic) bond motifs is 1. The Morgan fingerprint density at radius 3 is 2.51 bits per heavy atom. The summed E-state index contributed by atoms with van der Waals surface area (Å²) in [6, 6.07) is 12.2. The van der Waals surface area contributed by atoms with E-state index in [2.05, 4.69) is 82.2 Å². The molecule has 0 radical (unpaired) electrons. The maximum atomic E-state index is 5.19. The normalized spacial score (nSPS) is 14.2. The number of aromatic amines is 2. The Morgan fingerprint density at radius 2 is 1.89 bits per heavy atom. The summed E-state index contributed by atoms with van der Waals surface area (Å²) in [5.41, 5.74) is 6.13. The number of halogens is 1. The molecular formula is C25H27BrN8O. The molecule has 0 aliphatic carbocycles. The van der Waals surface area contributed by atoms with E-state index >= 15 is 0 Å². The number of aryl methyl sites for hydroxylation is 2. The third-order valence-electron chi connectivity index (χ3n) is 5.93. The molecule has 5 heterocycles. The van der Waals surface area contributed by atoms with Crippen molar-refractivity contribution in [1.82, 2.24) is 35.2 Å². The number of imidazole rings is 1. The lowest BCUT2D eigenvalue weighted by atomic mass is 10.1. The van der Waals surface area contributed by atoms with Crippen LogP contribution in [0.25, 0.3) is 22.6 Å². The van der Waals surface area contributed by atoms with Gasteiger partial charge in [0.25, 0.3) is 0 Å². The molecule has 5 aromatic rings. The van der Waals surface area contributed by atoms with Crippen LogP contribution >= 0.6 is 15.9 Å². The van der Waals surface area contributed by atoms with Crippen molar-refractivity contribution in [2.75, 3.05) is 31.1 Å². The summed E-state index contributed by atoms with van der Waals surface area (Å²) in [7, 11) is 0. The summed E-state index contributed by atoms with van der Waals surface area (Å²) in [5.74, 6) is 1.70. The molecule has 1 aromatic carbocycles. The third-order valence-corrected chi connectivity index (χ3v) is 6.51. The predicted molar refractivity (Wildman–Crippen MR) is 139 cm³/mol. The summed E-state index contributed by atoms with van der Waals surface area (Å²) < 4.78 is 6.18. The van der Waals surface area contributed by atoms with E-state index in [1.165, 1.54) is 5.56 Å². The quantitative estimate of drug-likeness (QED) is 0.343. The lowest BCUT2D eigenvalue weighted by molar-refractivity contribution is 0.242. The number of hydrogen-bond donors (Lipinski definition) is 2. The fourth-order valence-electron chi connectivity index (χ4n) is 4.14. The van der Waals surface area contributed by atoms with Crippen molar-refractivity contribution in [3.05, 3.63) is 76.5 Å². The minimum atomic E-state index is 0.740. The molecule has 6 rings (SSSR count). The zero-order valence-corrected chi connectivity index (χ0v) is 21.3. The van der Waals surface area contributed by atoms with E-state index in [0.717, 1.165) is 76.9 Å². The molecule has 0 unspecified atom stereocenters. The highest BCUT2D eigenvalue weighted by molar-refractivity contribution is 9.10. The van der Waals surface area contributed by atoms with Crippen LogP contribution in [0, 0.1) is 13.8 Å². The van der Waals surface area contributed by atoms with Gasteiger partial charge in [0.2, 0.25) is 0 Å². The van der Waals surface area contributed by atoms with E-state index < -0.39 is 0 Å². The van der Waals surface area contributed by atoms with Gasteiger partial charge in [-0.2, -0.15) is 5.10 Å². The Bertz CT molecular complexity index is 1350. The zero-order valence-electron chi connectivity index (χ0n) is 19.7. The molecule has 4 aromatic heterocycles. The molecule has 1 aliphatic rings. The number of nitrogens with one attached hydrogen (secondary N) is 2. The number of rotatable bonds is 4. The van der Waals surface area contributed by atoms with Crippen molar-refractivity contribution >= 4 is 32.8 Å². The lowest BCUT2D eigenvalue weighted by Crippen LogP contribution is -2.46. The van der Waals surface area contributed by atoms with Gasteiger partial charge in [0.05, 0.1) is 15.9 Å².